The Morgan fingerprint density at radius 3 is 2.48 bits per heavy atom. The van der Waals surface area contributed by atoms with E-state index < -0.39 is 0 Å². The first-order valence-corrected chi connectivity index (χ1v) is 8.25. The number of nitrogens with one attached hydrogen (secondary N) is 1. The number of hydrogen-bond donors (Lipinski definition) is 1. The van der Waals surface area contributed by atoms with Gasteiger partial charge < -0.3 is 23.9 Å². The third-order valence-corrected chi connectivity index (χ3v) is 3.93. The van der Waals surface area contributed by atoms with Gasteiger partial charge in [-0.05, 0) is 18.2 Å². The smallest absolute Gasteiger partial charge is 0.244 e. The predicted molar refractivity (Wildman–Crippen MR) is 101 cm³/mol. The first kappa shape index (κ1) is 18.3. The highest BCUT2D eigenvalue weighted by Gasteiger charge is 2.12. The minimum absolute atomic E-state index is 0.264. The van der Waals surface area contributed by atoms with Crippen LogP contribution in [-0.4, -0.2) is 32.2 Å². The Kier molecular flexibility index (Phi) is 5.61. The fourth-order valence-electron chi connectivity index (χ4n) is 2.58. The van der Waals surface area contributed by atoms with Gasteiger partial charge in [0.1, 0.15) is 11.3 Å². The van der Waals surface area contributed by atoms with E-state index in [9.17, 15) is 4.79 Å². The van der Waals surface area contributed by atoms with Crippen molar-refractivity contribution in [3.63, 3.8) is 0 Å². The van der Waals surface area contributed by atoms with Gasteiger partial charge in [-0.3, -0.25) is 4.79 Å². The topological polar surface area (TPSA) is 82.8 Å². The molecule has 1 heterocycles. The quantitative estimate of drug-likeness (QED) is 0.645. The van der Waals surface area contributed by atoms with Crippen LogP contribution in [0.4, 0.5) is 0 Å². The summed E-state index contributed by atoms with van der Waals surface area (Å²) in [6, 6.07) is 10.9. The van der Waals surface area contributed by atoms with E-state index in [1.165, 1.54) is 12.2 Å². The van der Waals surface area contributed by atoms with Crippen molar-refractivity contribution in [2.24, 2.45) is 0 Å². The molecule has 0 fully saturated rings. The molecule has 0 saturated carbocycles. The van der Waals surface area contributed by atoms with Crippen LogP contribution in [0.25, 0.3) is 17.2 Å². The molecule has 1 N–H and O–H groups in total. The molecule has 7 nitrogen and oxygen atoms in total. The first-order valence-electron chi connectivity index (χ1n) is 8.25. The Morgan fingerprint density at radius 2 is 1.78 bits per heavy atom. The molecule has 3 aromatic rings. The van der Waals surface area contributed by atoms with Crippen molar-refractivity contribution in [3.05, 3.63) is 53.9 Å². The Labute approximate surface area is 156 Å². The number of para-hydroxylation sites is 2. The second-order valence-electron chi connectivity index (χ2n) is 5.59. The third kappa shape index (κ3) is 4.20. The number of aromatic nitrogens is 1. The van der Waals surface area contributed by atoms with Gasteiger partial charge in [-0.2, -0.15) is 0 Å². The second kappa shape index (κ2) is 8.27. The highest BCUT2D eigenvalue weighted by Crippen LogP contribution is 2.34. The van der Waals surface area contributed by atoms with Crippen molar-refractivity contribution in [3.8, 4) is 17.2 Å². The highest BCUT2D eigenvalue weighted by molar-refractivity contribution is 5.91. The van der Waals surface area contributed by atoms with Crippen LogP contribution in [-0.2, 0) is 11.3 Å². The SMILES string of the molecule is COc1cc(OC)c(OC)cc1CNC(=O)C=Cc1nc2ccccc2o1. The molecule has 0 aliphatic rings. The molecule has 7 heteroatoms. The number of fused-ring (bicyclic) bond motifs is 1. The molecule has 1 amide bonds. The van der Waals surface area contributed by atoms with Crippen LogP contribution in [0.15, 0.2) is 46.9 Å². The van der Waals surface area contributed by atoms with E-state index in [1.54, 1.807) is 33.5 Å². The largest absolute Gasteiger partial charge is 0.496 e. The second-order valence-corrected chi connectivity index (χ2v) is 5.59. The maximum Gasteiger partial charge on any atom is 0.244 e. The van der Waals surface area contributed by atoms with Crippen LogP contribution < -0.4 is 19.5 Å². The monoisotopic (exact) mass is 368 g/mol. The lowest BCUT2D eigenvalue weighted by atomic mass is 10.1. The zero-order valence-electron chi connectivity index (χ0n) is 15.3. The minimum Gasteiger partial charge on any atom is -0.496 e. The standard InChI is InChI=1S/C20H20N2O5/c1-24-16-11-18(26-3)17(25-2)10-13(16)12-21-19(23)8-9-20-22-14-6-4-5-7-15(14)27-20/h4-11H,12H2,1-3H3,(H,21,23). The maximum absolute atomic E-state index is 12.1. The van der Waals surface area contributed by atoms with E-state index >= 15 is 0 Å². The number of benzene rings is 2. The van der Waals surface area contributed by atoms with Crippen LogP contribution in [0.5, 0.6) is 17.2 Å². The maximum atomic E-state index is 12.1. The number of hydrogen-bond acceptors (Lipinski definition) is 6. The van der Waals surface area contributed by atoms with Gasteiger partial charge in [0.25, 0.3) is 0 Å². The molecule has 2 aromatic carbocycles. The summed E-state index contributed by atoms with van der Waals surface area (Å²) in [5.41, 5.74) is 2.18. The lowest BCUT2D eigenvalue weighted by molar-refractivity contribution is -0.116. The van der Waals surface area contributed by atoms with Gasteiger partial charge in [0.05, 0.1) is 21.3 Å². The van der Waals surface area contributed by atoms with Gasteiger partial charge in [0.15, 0.2) is 17.1 Å². The summed E-state index contributed by atoms with van der Waals surface area (Å²) in [7, 11) is 4.66. The van der Waals surface area contributed by atoms with Crippen molar-refractivity contribution >= 4 is 23.1 Å². The summed E-state index contributed by atoms with van der Waals surface area (Å²) in [5.74, 6) is 1.80. The zero-order valence-corrected chi connectivity index (χ0v) is 15.3. The number of methoxy groups -OCH3 is 3. The van der Waals surface area contributed by atoms with E-state index in [4.69, 9.17) is 18.6 Å². The molecule has 0 aliphatic carbocycles. The number of oxazole rings is 1. The van der Waals surface area contributed by atoms with Crippen LogP contribution >= 0.6 is 0 Å². The van der Waals surface area contributed by atoms with Crippen LogP contribution in [0, 0.1) is 0 Å². The summed E-state index contributed by atoms with van der Waals surface area (Å²) in [6.45, 7) is 0.264. The van der Waals surface area contributed by atoms with E-state index in [0.717, 1.165) is 11.1 Å². The fraction of sp³-hybridized carbons (Fsp3) is 0.200. The van der Waals surface area contributed by atoms with Crippen LogP contribution in [0.1, 0.15) is 11.5 Å². The van der Waals surface area contributed by atoms with Crippen molar-refractivity contribution in [2.45, 2.75) is 6.54 Å². The van der Waals surface area contributed by atoms with Crippen molar-refractivity contribution in [2.75, 3.05) is 21.3 Å². The first-order chi connectivity index (χ1) is 13.1. The summed E-state index contributed by atoms with van der Waals surface area (Å²) < 4.78 is 21.4. The molecule has 0 spiro atoms. The number of nitrogens with zero attached hydrogens (tertiary/aromatic N) is 1. The fourth-order valence-corrected chi connectivity index (χ4v) is 2.58. The van der Waals surface area contributed by atoms with E-state index in [-0.39, 0.29) is 12.5 Å². The lowest BCUT2D eigenvalue weighted by Crippen LogP contribution is -2.20. The molecule has 3 rings (SSSR count). The zero-order chi connectivity index (χ0) is 19.2. The van der Waals surface area contributed by atoms with Gasteiger partial charge in [0.2, 0.25) is 11.8 Å². The van der Waals surface area contributed by atoms with Crippen molar-refractivity contribution in [1.82, 2.24) is 10.3 Å². The third-order valence-electron chi connectivity index (χ3n) is 3.93. The summed E-state index contributed by atoms with van der Waals surface area (Å²) in [5, 5.41) is 2.79. The van der Waals surface area contributed by atoms with E-state index in [0.29, 0.717) is 28.7 Å². The summed E-state index contributed by atoms with van der Waals surface area (Å²) in [6.07, 6.45) is 2.90. The molecule has 0 bridgehead atoms. The molecule has 140 valence electrons. The molecular weight excluding hydrogens is 348 g/mol. The average molecular weight is 368 g/mol. The predicted octanol–water partition coefficient (Wildman–Crippen LogP) is 3.18. The molecule has 27 heavy (non-hydrogen) atoms. The van der Waals surface area contributed by atoms with Gasteiger partial charge in [-0.15, -0.1) is 0 Å². The number of ether oxygens (including phenoxy) is 3. The lowest BCUT2D eigenvalue weighted by Gasteiger charge is -2.14. The molecule has 0 unspecified atom stereocenters. The Morgan fingerprint density at radius 1 is 1.07 bits per heavy atom. The van der Waals surface area contributed by atoms with E-state index in [2.05, 4.69) is 10.3 Å². The molecule has 0 aliphatic heterocycles. The number of carbonyl (C=O) groups is 1. The summed E-state index contributed by atoms with van der Waals surface area (Å²) in [4.78, 5) is 16.4. The van der Waals surface area contributed by atoms with Gasteiger partial charge >= 0.3 is 0 Å². The highest BCUT2D eigenvalue weighted by atomic mass is 16.5. The molecular formula is C20H20N2O5. The Balaban J connectivity index is 1.68. The number of carbonyl (C=O) groups excluding carboxylic acids is 1. The molecule has 0 saturated heterocycles. The normalized spacial score (nSPS) is 10.9. The van der Waals surface area contributed by atoms with Gasteiger partial charge in [0, 0.05) is 30.3 Å². The van der Waals surface area contributed by atoms with Gasteiger partial charge in [-0.25, -0.2) is 4.98 Å². The van der Waals surface area contributed by atoms with Crippen molar-refractivity contribution < 1.29 is 23.4 Å². The van der Waals surface area contributed by atoms with Crippen molar-refractivity contribution in [1.29, 1.82) is 0 Å². The summed E-state index contributed by atoms with van der Waals surface area (Å²) >= 11 is 0. The Hall–Kier alpha value is -3.48. The molecule has 0 atom stereocenters. The van der Waals surface area contributed by atoms with E-state index in [1.807, 2.05) is 24.3 Å². The van der Waals surface area contributed by atoms with Gasteiger partial charge in [-0.1, -0.05) is 12.1 Å². The molecule has 1 aromatic heterocycles. The van der Waals surface area contributed by atoms with Crippen LogP contribution in [0.3, 0.4) is 0 Å². The number of amides is 1. The van der Waals surface area contributed by atoms with Crippen LogP contribution in [0.2, 0.25) is 0 Å². The average Bonchev–Trinajstić information content (AvgIpc) is 3.12. The minimum atomic E-state index is -0.283. The Bertz CT molecular complexity index is 945. The number of rotatable bonds is 7. The molecule has 0 radical (unpaired) electrons.